The molecule has 0 spiro atoms. The maximum Gasteiger partial charge on any atom is 0.195 e. The molecule has 1 aliphatic rings. The van der Waals surface area contributed by atoms with Crippen LogP contribution in [0.3, 0.4) is 0 Å². The number of hydrogen-bond acceptors (Lipinski definition) is 3. The first-order valence-electron chi connectivity index (χ1n) is 2.05. The van der Waals surface area contributed by atoms with Gasteiger partial charge in [0.05, 0.1) is 10.8 Å². The van der Waals surface area contributed by atoms with E-state index in [0.717, 1.165) is 10.8 Å². The molecular formula is C4H5NO2S. The Kier molecular flexibility index (Phi) is 1.09. The highest BCUT2D eigenvalue weighted by atomic mass is 32.2. The normalized spacial score (nSPS) is 22.5. The molecule has 44 valence electrons. The van der Waals surface area contributed by atoms with Crippen molar-refractivity contribution in [1.29, 1.82) is 0 Å². The minimum Gasteiger partial charge on any atom is -0.366 e. The van der Waals surface area contributed by atoms with Crippen molar-refractivity contribution in [3.05, 3.63) is 23.2 Å². The lowest BCUT2D eigenvalue weighted by atomic mass is 10.9. The van der Waals surface area contributed by atoms with E-state index in [1.54, 1.807) is 0 Å². The zero-order valence-corrected chi connectivity index (χ0v) is 4.85. The van der Waals surface area contributed by atoms with Crippen molar-refractivity contribution in [3.63, 3.8) is 0 Å². The predicted molar refractivity (Wildman–Crippen MR) is 30.3 cm³/mol. The van der Waals surface area contributed by atoms with Gasteiger partial charge in [-0.15, -0.1) is 0 Å². The Morgan fingerprint density at radius 2 is 1.62 bits per heavy atom. The van der Waals surface area contributed by atoms with E-state index in [2.05, 4.69) is 5.32 Å². The molecule has 1 aliphatic heterocycles. The van der Waals surface area contributed by atoms with Gasteiger partial charge >= 0.3 is 0 Å². The highest BCUT2D eigenvalue weighted by Crippen LogP contribution is 1.96. The predicted octanol–water partition coefficient (Wildman–Crippen LogP) is -0.0532. The lowest BCUT2D eigenvalue weighted by Gasteiger charge is -1.95. The summed E-state index contributed by atoms with van der Waals surface area (Å²) in [7, 11) is -3.01. The van der Waals surface area contributed by atoms with Crippen LogP contribution in [0.1, 0.15) is 0 Å². The molecule has 1 heterocycles. The standard InChI is InChI=1S/C4H5NO2S/c6-8(7)3-1-5-2-4-8/h1-5H. The van der Waals surface area contributed by atoms with Crippen LogP contribution < -0.4 is 5.32 Å². The van der Waals surface area contributed by atoms with Crippen LogP contribution in [0.5, 0.6) is 0 Å². The number of rotatable bonds is 0. The van der Waals surface area contributed by atoms with Gasteiger partial charge in [0.15, 0.2) is 9.84 Å². The Morgan fingerprint density at radius 3 is 1.88 bits per heavy atom. The Labute approximate surface area is 47.6 Å². The van der Waals surface area contributed by atoms with Gasteiger partial charge in [-0.1, -0.05) is 0 Å². The molecule has 4 heteroatoms. The fraction of sp³-hybridized carbons (Fsp3) is 0. The molecule has 0 aromatic rings. The first-order chi connectivity index (χ1) is 3.71. The SMILES string of the molecule is O=S1(=O)C=CNC=C1. The van der Waals surface area contributed by atoms with Gasteiger partial charge in [0.2, 0.25) is 0 Å². The zero-order valence-electron chi connectivity index (χ0n) is 4.03. The fourth-order valence-electron chi connectivity index (χ4n) is 0.369. The van der Waals surface area contributed by atoms with Crippen LogP contribution >= 0.6 is 0 Å². The second-order valence-electron chi connectivity index (χ2n) is 1.36. The molecule has 0 saturated heterocycles. The van der Waals surface area contributed by atoms with Crippen molar-refractivity contribution in [3.8, 4) is 0 Å². The fourth-order valence-corrected chi connectivity index (χ4v) is 0.996. The third kappa shape index (κ3) is 1.10. The van der Waals surface area contributed by atoms with E-state index in [1.165, 1.54) is 12.4 Å². The Morgan fingerprint density at radius 1 is 1.12 bits per heavy atom. The number of sulfone groups is 1. The van der Waals surface area contributed by atoms with Crippen LogP contribution in [-0.2, 0) is 9.84 Å². The molecule has 0 aromatic heterocycles. The van der Waals surface area contributed by atoms with E-state index in [1.807, 2.05) is 0 Å². The van der Waals surface area contributed by atoms with E-state index >= 15 is 0 Å². The lowest BCUT2D eigenvalue weighted by molar-refractivity contribution is 0.612. The molecule has 0 aromatic carbocycles. The van der Waals surface area contributed by atoms with E-state index in [4.69, 9.17) is 0 Å². The highest BCUT2D eigenvalue weighted by molar-refractivity contribution is 7.97. The monoisotopic (exact) mass is 131 g/mol. The summed E-state index contributed by atoms with van der Waals surface area (Å²) in [6, 6.07) is 0. The summed E-state index contributed by atoms with van der Waals surface area (Å²) in [5.74, 6) is 0. The Balaban J connectivity index is 3.03. The van der Waals surface area contributed by atoms with Crippen molar-refractivity contribution >= 4 is 9.84 Å². The van der Waals surface area contributed by atoms with Crippen LogP contribution in [0, 0.1) is 0 Å². The molecule has 1 N–H and O–H groups in total. The maximum absolute atomic E-state index is 10.4. The van der Waals surface area contributed by atoms with Crippen LogP contribution in [0.25, 0.3) is 0 Å². The summed E-state index contributed by atoms with van der Waals surface area (Å²) in [6.45, 7) is 0. The molecule has 0 fully saturated rings. The molecular weight excluding hydrogens is 126 g/mol. The molecule has 0 unspecified atom stereocenters. The van der Waals surface area contributed by atoms with Crippen LogP contribution in [-0.4, -0.2) is 8.42 Å². The second-order valence-corrected chi connectivity index (χ2v) is 3.08. The Hall–Kier alpha value is -0.770. The third-order valence-electron chi connectivity index (χ3n) is 0.708. The van der Waals surface area contributed by atoms with E-state index in [-0.39, 0.29) is 0 Å². The van der Waals surface area contributed by atoms with Gasteiger partial charge in [-0.25, -0.2) is 8.42 Å². The first kappa shape index (κ1) is 5.37. The van der Waals surface area contributed by atoms with Gasteiger partial charge in [0.25, 0.3) is 0 Å². The molecule has 0 amide bonds. The van der Waals surface area contributed by atoms with Gasteiger partial charge in [-0.2, -0.15) is 0 Å². The zero-order chi connectivity index (χ0) is 6.04. The number of nitrogens with one attached hydrogen (secondary N) is 1. The largest absolute Gasteiger partial charge is 0.366 e. The lowest BCUT2D eigenvalue weighted by Crippen LogP contribution is -2.02. The first-order valence-corrected chi connectivity index (χ1v) is 3.66. The highest BCUT2D eigenvalue weighted by Gasteiger charge is 1.99. The molecule has 0 saturated carbocycles. The molecule has 3 nitrogen and oxygen atoms in total. The van der Waals surface area contributed by atoms with Gasteiger partial charge < -0.3 is 5.32 Å². The van der Waals surface area contributed by atoms with Gasteiger partial charge in [-0.3, -0.25) is 0 Å². The number of hydrogen-bond donors (Lipinski definition) is 1. The summed E-state index contributed by atoms with van der Waals surface area (Å²) in [6.07, 6.45) is 2.74. The third-order valence-corrected chi connectivity index (χ3v) is 1.74. The smallest absolute Gasteiger partial charge is 0.195 e. The minimum absolute atomic E-state index is 1.10. The Bertz CT molecular complexity index is 206. The summed E-state index contributed by atoms with van der Waals surface area (Å²) in [4.78, 5) is 0. The summed E-state index contributed by atoms with van der Waals surface area (Å²) >= 11 is 0. The van der Waals surface area contributed by atoms with E-state index in [9.17, 15) is 8.42 Å². The minimum atomic E-state index is -3.01. The molecule has 8 heavy (non-hydrogen) atoms. The van der Waals surface area contributed by atoms with Crippen molar-refractivity contribution in [1.82, 2.24) is 5.32 Å². The van der Waals surface area contributed by atoms with Gasteiger partial charge in [-0.05, 0) is 0 Å². The molecule has 0 bridgehead atoms. The summed E-state index contributed by atoms with van der Waals surface area (Å²) in [5.41, 5.74) is 0. The molecule has 0 aliphatic carbocycles. The second kappa shape index (κ2) is 1.63. The van der Waals surface area contributed by atoms with Crippen LogP contribution in [0.15, 0.2) is 23.2 Å². The van der Waals surface area contributed by atoms with Gasteiger partial charge in [0.1, 0.15) is 0 Å². The average molecular weight is 131 g/mol. The van der Waals surface area contributed by atoms with Crippen LogP contribution in [0.4, 0.5) is 0 Å². The molecule has 0 radical (unpaired) electrons. The van der Waals surface area contributed by atoms with Crippen molar-refractivity contribution in [2.24, 2.45) is 0 Å². The van der Waals surface area contributed by atoms with E-state index < -0.39 is 9.84 Å². The maximum atomic E-state index is 10.4. The van der Waals surface area contributed by atoms with Crippen LogP contribution in [0.2, 0.25) is 0 Å². The molecule has 0 atom stereocenters. The van der Waals surface area contributed by atoms with Crippen molar-refractivity contribution in [2.45, 2.75) is 0 Å². The average Bonchev–Trinajstić information content (AvgIpc) is 1.65. The van der Waals surface area contributed by atoms with Crippen molar-refractivity contribution < 1.29 is 8.42 Å². The quantitative estimate of drug-likeness (QED) is 0.501. The topological polar surface area (TPSA) is 46.2 Å². The molecule has 1 rings (SSSR count). The van der Waals surface area contributed by atoms with Gasteiger partial charge in [0, 0.05) is 12.4 Å². The van der Waals surface area contributed by atoms with Crippen molar-refractivity contribution in [2.75, 3.05) is 0 Å². The van der Waals surface area contributed by atoms with E-state index in [0.29, 0.717) is 0 Å². The summed E-state index contributed by atoms with van der Waals surface area (Å²) < 4.78 is 20.9. The summed E-state index contributed by atoms with van der Waals surface area (Å²) in [5, 5.41) is 4.81.